The minimum absolute atomic E-state index is 0.0877. The highest BCUT2D eigenvalue weighted by Gasteiger charge is 2.07. The Morgan fingerprint density at radius 1 is 1.13 bits per heavy atom. The minimum Gasteiger partial charge on any atom is -0.496 e. The molecule has 23 heavy (non-hydrogen) atoms. The topological polar surface area (TPSA) is 38.3 Å². The number of allylic oxidation sites excluding steroid dienone is 1. The monoisotopic (exact) mass is 309 g/mol. The molecule has 3 heteroatoms. The molecule has 0 radical (unpaired) electrons. The molecule has 0 unspecified atom stereocenters. The summed E-state index contributed by atoms with van der Waals surface area (Å²) in [6.45, 7) is 4.71. The van der Waals surface area contributed by atoms with Gasteiger partial charge in [0.1, 0.15) is 5.75 Å². The Kier molecular flexibility index (Phi) is 5.98. The average Bonchev–Trinajstić information content (AvgIpc) is 2.58. The van der Waals surface area contributed by atoms with Crippen LogP contribution < -0.4 is 10.1 Å². The van der Waals surface area contributed by atoms with Gasteiger partial charge >= 0.3 is 0 Å². The van der Waals surface area contributed by atoms with E-state index in [2.05, 4.69) is 31.3 Å². The van der Waals surface area contributed by atoms with Crippen molar-refractivity contribution < 1.29 is 9.53 Å². The Morgan fingerprint density at radius 2 is 1.83 bits per heavy atom. The molecular weight excluding hydrogens is 286 g/mol. The van der Waals surface area contributed by atoms with Crippen LogP contribution in [0.1, 0.15) is 35.3 Å². The summed E-state index contributed by atoms with van der Waals surface area (Å²) < 4.78 is 5.29. The van der Waals surface area contributed by atoms with Crippen LogP contribution in [0.3, 0.4) is 0 Å². The number of para-hydroxylation sites is 1. The van der Waals surface area contributed by atoms with Gasteiger partial charge in [0.25, 0.3) is 5.91 Å². The minimum atomic E-state index is -0.0877. The van der Waals surface area contributed by atoms with Crippen molar-refractivity contribution in [3.05, 3.63) is 71.3 Å². The van der Waals surface area contributed by atoms with E-state index in [1.165, 1.54) is 0 Å². The molecule has 0 atom stereocenters. The van der Waals surface area contributed by atoms with Gasteiger partial charge in [-0.05, 0) is 29.7 Å². The van der Waals surface area contributed by atoms with Crippen LogP contribution in [0.5, 0.6) is 5.75 Å². The molecule has 0 saturated carbocycles. The Labute approximate surface area is 138 Å². The Morgan fingerprint density at radius 3 is 2.48 bits per heavy atom. The summed E-state index contributed by atoms with van der Waals surface area (Å²) in [4.78, 5) is 12.2. The molecule has 1 N–H and O–H groups in total. The van der Waals surface area contributed by atoms with Crippen LogP contribution in [0.2, 0.25) is 0 Å². The van der Waals surface area contributed by atoms with E-state index < -0.39 is 0 Å². The first kappa shape index (κ1) is 16.8. The number of carbonyl (C=O) groups is 1. The number of hydrogen-bond acceptors (Lipinski definition) is 2. The number of ether oxygens (including phenoxy) is 1. The molecule has 0 aliphatic heterocycles. The van der Waals surface area contributed by atoms with Gasteiger partial charge in [0, 0.05) is 17.7 Å². The van der Waals surface area contributed by atoms with Crippen molar-refractivity contribution in [2.24, 2.45) is 5.92 Å². The average molecular weight is 309 g/mol. The second-order valence-electron chi connectivity index (χ2n) is 5.72. The lowest BCUT2D eigenvalue weighted by atomic mass is 10.1. The number of nitrogens with one attached hydrogen (secondary N) is 1. The maximum Gasteiger partial charge on any atom is 0.251 e. The van der Waals surface area contributed by atoms with Crippen LogP contribution in [0.4, 0.5) is 0 Å². The van der Waals surface area contributed by atoms with Crippen molar-refractivity contribution in [2.75, 3.05) is 7.11 Å². The van der Waals surface area contributed by atoms with Crippen molar-refractivity contribution in [3.63, 3.8) is 0 Å². The Balaban J connectivity index is 1.98. The van der Waals surface area contributed by atoms with E-state index in [0.29, 0.717) is 18.0 Å². The van der Waals surface area contributed by atoms with Crippen LogP contribution in [0, 0.1) is 5.92 Å². The first-order valence-electron chi connectivity index (χ1n) is 7.78. The zero-order valence-electron chi connectivity index (χ0n) is 13.9. The fourth-order valence-electron chi connectivity index (χ4n) is 2.18. The van der Waals surface area contributed by atoms with Gasteiger partial charge in [0.15, 0.2) is 0 Å². The highest BCUT2D eigenvalue weighted by atomic mass is 16.5. The molecule has 0 saturated heterocycles. The third-order valence-corrected chi connectivity index (χ3v) is 3.48. The van der Waals surface area contributed by atoms with Gasteiger partial charge in [-0.25, -0.2) is 0 Å². The number of rotatable bonds is 6. The van der Waals surface area contributed by atoms with Crippen LogP contribution in [0.15, 0.2) is 54.6 Å². The summed E-state index contributed by atoms with van der Waals surface area (Å²) in [5.74, 6) is 1.20. The van der Waals surface area contributed by atoms with E-state index in [1.54, 1.807) is 7.11 Å². The molecule has 0 bridgehead atoms. The predicted octanol–water partition coefficient (Wildman–Crippen LogP) is 4.29. The maximum atomic E-state index is 12.2. The van der Waals surface area contributed by atoms with Crippen LogP contribution in [-0.2, 0) is 6.54 Å². The summed E-state index contributed by atoms with van der Waals surface area (Å²) in [7, 11) is 1.63. The van der Waals surface area contributed by atoms with Crippen molar-refractivity contribution in [1.82, 2.24) is 5.32 Å². The van der Waals surface area contributed by atoms with Crippen LogP contribution in [0.25, 0.3) is 6.08 Å². The molecule has 0 aromatic heterocycles. The summed E-state index contributed by atoms with van der Waals surface area (Å²) >= 11 is 0. The maximum absolute atomic E-state index is 12.2. The third kappa shape index (κ3) is 4.99. The lowest BCUT2D eigenvalue weighted by Crippen LogP contribution is -2.22. The van der Waals surface area contributed by atoms with Crippen molar-refractivity contribution >= 4 is 12.0 Å². The van der Waals surface area contributed by atoms with Crippen LogP contribution >= 0.6 is 0 Å². The van der Waals surface area contributed by atoms with Crippen molar-refractivity contribution in [3.8, 4) is 5.75 Å². The number of methoxy groups -OCH3 is 1. The van der Waals surface area contributed by atoms with Crippen molar-refractivity contribution in [2.45, 2.75) is 20.4 Å². The second-order valence-corrected chi connectivity index (χ2v) is 5.72. The molecule has 2 rings (SSSR count). The molecule has 0 aliphatic rings. The molecular formula is C20H23NO2. The van der Waals surface area contributed by atoms with E-state index in [4.69, 9.17) is 4.74 Å². The summed E-state index contributed by atoms with van der Waals surface area (Å²) in [6.07, 6.45) is 4.21. The summed E-state index contributed by atoms with van der Waals surface area (Å²) in [5.41, 5.74) is 2.71. The normalized spacial score (nSPS) is 11.0. The smallest absolute Gasteiger partial charge is 0.251 e. The first-order chi connectivity index (χ1) is 11.1. The van der Waals surface area contributed by atoms with Gasteiger partial charge in [-0.15, -0.1) is 0 Å². The zero-order valence-corrected chi connectivity index (χ0v) is 13.9. The Bertz CT molecular complexity index is 672. The quantitative estimate of drug-likeness (QED) is 0.864. The first-order valence-corrected chi connectivity index (χ1v) is 7.78. The SMILES string of the molecule is COc1ccccc1CNC(=O)c1ccc(/C=C/C(C)C)cc1. The van der Waals surface area contributed by atoms with E-state index in [0.717, 1.165) is 16.9 Å². The lowest BCUT2D eigenvalue weighted by Gasteiger charge is -2.09. The van der Waals surface area contributed by atoms with Gasteiger partial charge in [-0.2, -0.15) is 0 Å². The number of amides is 1. The van der Waals surface area contributed by atoms with E-state index >= 15 is 0 Å². The highest BCUT2D eigenvalue weighted by molar-refractivity contribution is 5.94. The molecule has 3 nitrogen and oxygen atoms in total. The summed E-state index contributed by atoms with van der Waals surface area (Å²) in [6, 6.07) is 15.3. The van der Waals surface area contributed by atoms with Gasteiger partial charge in [-0.3, -0.25) is 4.79 Å². The molecule has 2 aromatic rings. The van der Waals surface area contributed by atoms with Gasteiger partial charge in [0.05, 0.1) is 7.11 Å². The zero-order chi connectivity index (χ0) is 16.7. The molecule has 1 amide bonds. The Hall–Kier alpha value is -2.55. The van der Waals surface area contributed by atoms with Crippen LogP contribution in [-0.4, -0.2) is 13.0 Å². The highest BCUT2D eigenvalue weighted by Crippen LogP contribution is 2.17. The fourth-order valence-corrected chi connectivity index (χ4v) is 2.18. The fraction of sp³-hybridized carbons (Fsp3) is 0.250. The molecule has 0 fully saturated rings. The molecule has 0 heterocycles. The van der Waals surface area contributed by atoms with E-state index in [1.807, 2.05) is 48.5 Å². The number of carbonyl (C=O) groups excluding carboxylic acids is 1. The standard InChI is InChI=1S/C20H23NO2/c1-15(2)8-9-16-10-12-17(13-11-16)20(22)21-14-18-6-4-5-7-19(18)23-3/h4-13,15H,14H2,1-3H3,(H,21,22)/b9-8+. The molecule has 0 aliphatic carbocycles. The number of hydrogen-bond donors (Lipinski definition) is 1. The predicted molar refractivity (Wildman–Crippen MR) is 94.5 cm³/mol. The third-order valence-electron chi connectivity index (χ3n) is 3.48. The molecule has 0 spiro atoms. The second kappa shape index (κ2) is 8.18. The van der Waals surface area contributed by atoms with Gasteiger partial charge in [0.2, 0.25) is 0 Å². The summed E-state index contributed by atoms with van der Waals surface area (Å²) in [5, 5.41) is 2.92. The van der Waals surface area contributed by atoms with Gasteiger partial charge < -0.3 is 10.1 Å². The molecule has 120 valence electrons. The lowest BCUT2D eigenvalue weighted by molar-refractivity contribution is 0.0950. The van der Waals surface area contributed by atoms with Gasteiger partial charge in [-0.1, -0.05) is 56.3 Å². The largest absolute Gasteiger partial charge is 0.496 e. The van der Waals surface area contributed by atoms with E-state index in [9.17, 15) is 4.79 Å². The number of benzene rings is 2. The van der Waals surface area contributed by atoms with E-state index in [-0.39, 0.29) is 5.91 Å². The molecule has 2 aromatic carbocycles. The van der Waals surface area contributed by atoms with Crippen molar-refractivity contribution in [1.29, 1.82) is 0 Å².